The highest BCUT2D eigenvalue weighted by Gasteiger charge is 2.50. The van der Waals surface area contributed by atoms with E-state index in [1.807, 2.05) is 32.9 Å². The summed E-state index contributed by atoms with van der Waals surface area (Å²) < 4.78 is 12.7. The summed E-state index contributed by atoms with van der Waals surface area (Å²) in [6.07, 6.45) is 3.37. The summed E-state index contributed by atoms with van der Waals surface area (Å²) in [5.74, 6) is 0. The van der Waals surface area contributed by atoms with Crippen LogP contribution in [-0.4, -0.2) is 36.0 Å². The van der Waals surface area contributed by atoms with Crippen molar-refractivity contribution in [2.24, 2.45) is 0 Å². The molecule has 1 aliphatic carbocycles. The molecule has 0 aromatic heterocycles. The zero-order valence-electron chi connectivity index (χ0n) is 15.2. The highest BCUT2D eigenvalue weighted by atomic mass is 79.9. The highest BCUT2D eigenvalue weighted by Crippen LogP contribution is 2.43. The maximum atomic E-state index is 12.1. The lowest BCUT2D eigenvalue weighted by Gasteiger charge is -2.53. The monoisotopic (exact) mass is 410 g/mol. The number of amides is 1. The van der Waals surface area contributed by atoms with Gasteiger partial charge in [0.25, 0.3) is 0 Å². The third kappa shape index (κ3) is 4.67. The molecule has 1 aromatic rings. The zero-order chi connectivity index (χ0) is 18.1. The minimum atomic E-state index is -0.484. The Bertz CT molecular complexity index is 617. The van der Waals surface area contributed by atoms with Crippen molar-refractivity contribution in [2.75, 3.05) is 18.5 Å². The number of alkyl carbamates (subject to hydrolysis) is 1. The van der Waals surface area contributed by atoms with Crippen LogP contribution < -0.4 is 10.6 Å². The lowest BCUT2D eigenvalue weighted by molar-refractivity contribution is -0.153. The maximum Gasteiger partial charge on any atom is 0.408 e. The Balaban J connectivity index is 1.54. The molecule has 0 unspecified atom stereocenters. The first kappa shape index (κ1) is 18.5. The second-order valence-electron chi connectivity index (χ2n) is 8.24. The van der Waals surface area contributed by atoms with E-state index in [2.05, 4.69) is 38.7 Å². The molecular weight excluding hydrogens is 384 g/mol. The maximum absolute atomic E-state index is 12.1. The molecule has 0 spiro atoms. The van der Waals surface area contributed by atoms with Gasteiger partial charge >= 0.3 is 6.09 Å². The molecule has 138 valence electrons. The molecule has 2 saturated heterocycles. The summed E-state index contributed by atoms with van der Waals surface area (Å²) in [7, 11) is 0. The number of nitrogens with one attached hydrogen (secondary N) is 2. The number of benzene rings is 1. The third-order valence-electron chi connectivity index (χ3n) is 4.98. The van der Waals surface area contributed by atoms with E-state index in [0.29, 0.717) is 6.61 Å². The minimum Gasteiger partial charge on any atom is -0.444 e. The van der Waals surface area contributed by atoms with Crippen LogP contribution in [0.3, 0.4) is 0 Å². The lowest BCUT2D eigenvalue weighted by atomic mass is 9.71. The van der Waals surface area contributed by atoms with Crippen LogP contribution in [0, 0.1) is 0 Å². The van der Waals surface area contributed by atoms with Crippen molar-refractivity contribution in [3.05, 3.63) is 28.7 Å². The molecule has 2 bridgehead atoms. The van der Waals surface area contributed by atoms with Gasteiger partial charge in [0, 0.05) is 16.7 Å². The summed E-state index contributed by atoms with van der Waals surface area (Å²) in [4.78, 5) is 12.1. The number of anilines is 1. The molecule has 5 nitrogen and oxygen atoms in total. The average molecular weight is 411 g/mol. The molecule has 3 aliphatic rings. The zero-order valence-corrected chi connectivity index (χ0v) is 16.7. The van der Waals surface area contributed by atoms with E-state index in [1.165, 1.54) is 0 Å². The van der Waals surface area contributed by atoms with Crippen molar-refractivity contribution >= 4 is 27.7 Å². The third-order valence-corrected chi connectivity index (χ3v) is 5.47. The van der Waals surface area contributed by atoms with E-state index in [1.54, 1.807) is 0 Å². The van der Waals surface area contributed by atoms with E-state index in [-0.39, 0.29) is 17.2 Å². The SMILES string of the molecule is CC(C)(C)OC(=O)NC12CCC(CNc3cccc(Br)c3)(CC1)OC2. The van der Waals surface area contributed by atoms with Crippen LogP contribution in [0.1, 0.15) is 46.5 Å². The van der Waals surface area contributed by atoms with E-state index in [4.69, 9.17) is 9.47 Å². The molecule has 25 heavy (non-hydrogen) atoms. The Morgan fingerprint density at radius 1 is 1.28 bits per heavy atom. The van der Waals surface area contributed by atoms with Gasteiger partial charge in [0.1, 0.15) is 5.60 Å². The standard InChI is InChI=1S/C19H27BrN2O3/c1-17(2,3)25-16(23)22-18-7-9-19(10-8-18,24-13-18)12-21-15-6-4-5-14(20)11-15/h4-6,11,21H,7-10,12-13H2,1-3H3,(H,22,23). The fourth-order valence-electron chi connectivity index (χ4n) is 3.53. The molecule has 1 amide bonds. The topological polar surface area (TPSA) is 59.6 Å². The fourth-order valence-corrected chi connectivity index (χ4v) is 3.93. The Morgan fingerprint density at radius 2 is 2.00 bits per heavy atom. The smallest absolute Gasteiger partial charge is 0.408 e. The first-order chi connectivity index (χ1) is 11.7. The first-order valence-electron chi connectivity index (χ1n) is 8.84. The highest BCUT2D eigenvalue weighted by molar-refractivity contribution is 9.10. The average Bonchev–Trinajstić information content (AvgIpc) is 2.53. The van der Waals surface area contributed by atoms with Gasteiger partial charge in [0.2, 0.25) is 0 Å². The van der Waals surface area contributed by atoms with Crippen LogP contribution in [-0.2, 0) is 9.47 Å². The van der Waals surface area contributed by atoms with Gasteiger partial charge in [-0.15, -0.1) is 0 Å². The summed E-state index contributed by atoms with van der Waals surface area (Å²) >= 11 is 3.49. The van der Waals surface area contributed by atoms with Crippen molar-refractivity contribution in [2.45, 2.75) is 63.2 Å². The van der Waals surface area contributed by atoms with Gasteiger partial charge in [-0.1, -0.05) is 22.0 Å². The normalized spacial score (nSPS) is 28.5. The molecule has 1 aromatic carbocycles. The summed E-state index contributed by atoms with van der Waals surface area (Å²) in [6, 6.07) is 8.15. The van der Waals surface area contributed by atoms with Crippen molar-refractivity contribution in [3.8, 4) is 0 Å². The minimum absolute atomic E-state index is 0.139. The molecule has 4 rings (SSSR count). The van der Waals surface area contributed by atoms with Gasteiger partial charge in [-0.25, -0.2) is 4.79 Å². The van der Waals surface area contributed by atoms with Gasteiger partial charge in [-0.2, -0.15) is 0 Å². The second-order valence-corrected chi connectivity index (χ2v) is 9.16. The number of hydrogen-bond acceptors (Lipinski definition) is 4. The van der Waals surface area contributed by atoms with Crippen LogP contribution in [0.4, 0.5) is 10.5 Å². The van der Waals surface area contributed by atoms with Gasteiger partial charge in [-0.3, -0.25) is 0 Å². The Kier molecular flexibility index (Phi) is 5.04. The van der Waals surface area contributed by atoms with E-state index < -0.39 is 5.60 Å². The van der Waals surface area contributed by atoms with Crippen LogP contribution in [0.25, 0.3) is 0 Å². The number of fused-ring (bicyclic) bond motifs is 3. The summed E-state index contributed by atoms with van der Waals surface area (Å²) in [5, 5.41) is 6.55. The predicted molar refractivity (Wildman–Crippen MR) is 102 cm³/mol. The number of halogens is 1. The summed E-state index contributed by atoms with van der Waals surface area (Å²) in [5.41, 5.74) is 0.184. The number of rotatable bonds is 4. The Hall–Kier alpha value is -1.27. The van der Waals surface area contributed by atoms with Crippen LogP contribution >= 0.6 is 15.9 Å². The largest absolute Gasteiger partial charge is 0.444 e. The Labute approximate surface area is 158 Å². The van der Waals surface area contributed by atoms with Crippen molar-refractivity contribution in [1.82, 2.24) is 5.32 Å². The summed E-state index contributed by atoms with van der Waals surface area (Å²) in [6.45, 7) is 6.96. The van der Waals surface area contributed by atoms with Gasteiger partial charge in [0.15, 0.2) is 0 Å². The molecule has 2 heterocycles. The van der Waals surface area contributed by atoms with Gasteiger partial charge in [0.05, 0.1) is 17.7 Å². The van der Waals surface area contributed by atoms with Gasteiger partial charge in [-0.05, 0) is 64.7 Å². The fraction of sp³-hybridized carbons (Fsp3) is 0.632. The lowest BCUT2D eigenvalue weighted by Crippen LogP contribution is -2.64. The van der Waals surface area contributed by atoms with Crippen LogP contribution in [0.5, 0.6) is 0 Å². The number of carbonyl (C=O) groups excluding carboxylic acids is 1. The Morgan fingerprint density at radius 3 is 2.56 bits per heavy atom. The molecule has 2 aliphatic heterocycles. The quantitative estimate of drug-likeness (QED) is 0.768. The molecule has 6 heteroatoms. The van der Waals surface area contributed by atoms with Crippen molar-refractivity contribution in [1.29, 1.82) is 0 Å². The number of hydrogen-bond donors (Lipinski definition) is 2. The van der Waals surface area contributed by atoms with Crippen molar-refractivity contribution in [3.63, 3.8) is 0 Å². The molecule has 1 saturated carbocycles. The molecule has 0 radical (unpaired) electrons. The van der Waals surface area contributed by atoms with E-state index in [0.717, 1.165) is 42.4 Å². The van der Waals surface area contributed by atoms with E-state index in [9.17, 15) is 4.79 Å². The van der Waals surface area contributed by atoms with Gasteiger partial charge < -0.3 is 20.1 Å². The molecular formula is C19H27BrN2O3. The van der Waals surface area contributed by atoms with Crippen LogP contribution in [0.2, 0.25) is 0 Å². The molecule has 0 atom stereocenters. The first-order valence-corrected chi connectivity index (χ1v) is 9.63. The second kappa shape index (κ2) is 6.80. The van der Waals surface area contributed by atoms with Crippen LogP contribution in [0.15, 0.2) is 28.7 Å². The number of carbonyl (C=O) groups is 1. The van der Waals surface area contributed by atoms with E-state index >= 15 is 0 Å². The molecule has 2 N–H and O–H groups in total. The van der Waals surface area contributed by atoms with Crippen molar-refractivity contribution < 1.29 is 14.3 Å². The molecule has 3 fully saturated rings. The number of ether oxygens (including phenoxy) is 2. The predicted octanol–water partition coefficient (Wildman–Crippen LogP) is 4.47.